The molecule has 0 aliphatic carbocycles. The van der Waals surface area contributed by atoms with Gasteiger partial charge in [0.15, 0.2) is 5.11 Å². The van der Waals surface area contributed by atoms with Crippen LogP contribution < -0.4 is 5.32 Å². The number of hydrogen-bond donors (Lipinski definition) is 1. The predicted molar refractivity (Wildman–Crippen MR) is 106 cm³/mol. The van der Waals surface area contributed by atoms with Crippen molar-refractivity contribution in [1.29, 1.82) is 0 Å². The Labute approximate surface area is 158 Å². The molecule has 1 aromatic heterocycles. The quantitative estimate of drug-likeness (QED) is 0.504. The lowest BCUT2D eigenvalue weighted by Gasteiger charge is -2.25. The van der Waals surface area contributed by atoms with Crippen LogP contribution in [0.25, 0.3) is 11.8 Å². The van der Waals surface area contributed by atoms with Crippen molar-refractivity contribution < 1.29 is 9.59 Å². The van der Waals surface area contributed by atoms with Gasteiger partial charge in [-0.15, -0.1) is 0 Å². The van der Waals surface area contributed by atoms with E-state index in [1.54, 1.807) is 13.1 Å². The molecule has 134 valence electrons. The molecule has 1 aliphatic rings. The summed E-state index contributed by atoms with van der Waals surface area (Å²) in [5.41, 5.74) is 6.39. The Balaban J connectivity index is 2.10. The highest BCUT2D eigenvalue weighted by atomic mass is 32.1. The summed E-state index contributed by atoms with van der Waals surface area (Å²) in [6.45, 7) is 8.14. The van der Waals surface area contributed by atoms with Gasteiger partial charge in [0.05, 0.1) is 0 Å². The van der Waals surface area contributed by atoms with Crippen molar-refractivity contribution in [3.8, 4) is 5.69 Å². The van der Waals surface area contributed by atoms with Crippen molar-refractivity contribution in [2.45, 2.75) is 27.7 Å². The first-order chi connectivity index (χ1) is 12.2. The molecular weight excluding hydrogens is 346 g/mol. The summed E-state index contributed by atoms with van der Waals surface area (Å²) in [6.07, 6.45) is 1.64. The second kappa shape index (κ2) is 6.53. The van der Waals surface area contributed by atoms with Gasteiger partial charge in [0.25, 0.3) is 11.8 Å². The summed E-state index contributed by atoms with van der Waals surface area (Å²) < 4.78 is 2.14. The van der Waals surface area contributed by atoms with Crippen LogP contribution in [0.5, 0.6) is 0 Å². The summed E-state index contributed by atoms with van der Waals surface area (Å²) in [6, 6.07) is 8.29. The largest absolute Gasteiger partial charge is 0.318 e. The van der Waals surface area contributed by atoms with Crippen LogP contribution in [-0.2, 0) is 9.59 Å². The number of aryl methyl sites for hydroxylation is 3. The lowest BCUT2D eigenvalue weighted by Crippen LogP contribution is -2.52. The Morgan fingerprint density at radius 3 is 2.42 bits per heavy atom. The number of nitrogens with zero attached hydrogens (tertiary/aromatic N) is 2. The highest BCUT2D eigenvalue weighted by Crippen LogP contribution is 2.26. The van der Waals surface area contributed by atoms with E-state index >= 15 is 0 Å². The molecule has 1 aromatic carbocycles. The number of likely N-dealkylation sites (N-methyl/N-ethyl adjacent to an activating group) is 1. The van der Waals surface area contributed by atoms with Crippen molar-refractivity contribution in [3.63, 3.8) is 0 Å². The van der Waals surface area contributed by atoms with Crippen LogP contribution in [0, 0.1) is 27.7 Å². The SMILES string of the molecule is Cc1ccc(-n2c(C)cc(/C=C3/C(=O)NC(=S)N(C)C3=O)c2C)c(C)c1. The van der Waals surface area contributed by atoms with E-state index in [9.17, 15) is 9.59 Å². The van der Waals surface area contributed by atoms with Gasteiger partial charge < -0.3 is 4.57 Å². The number of rotatable bonds is 2. The molecule has 1 fully saturated rings. The van der Waals surface area contributed by atoms with Crippen LogP contribution in [0.1, 0.15) is 28.1 Å². The number of hydrogen-bond acceptors (Lipinski definition) is 3. The summed E-state index contributed by atoms with van der Waals surface area (Å²) in [7, 11) is 1.55. The Hall–Kier alpha value is -2.73. The zero-order chi connectivity index (χ0) is 19.2. The number of nitrogens with one attached hydrogen (secondary N) is 1. The summed E-state index contributed by atoms with van der Waals surface area (Å²) in [4.78, 5) is 25.9. The molecule has 0 bridgehead atoms. The lowest BCUT2D eigenvalue weighted by atomic mass is 10.1. The highest BCUT2D eigenvalue weighted by Gasteiger charge is 2.31. The fraction of sp³-hybridized carbons (Fsp3) is 0.250. The monoisotopic (exact) mass is 367 g/mol. The molecule has 2 amide bonds. The van der Waals surface area contributed by atoms with Crippen molar-refractivity contribution in [1.82, 2.24) is 14.8 Å². The Morgan fingerprint density at radius 1 is 1.08 bits per heavy atom. The van der Waals surface area contributed by atoms with E-state index in [-0.39, 0.29) is 10.7 Å². The minimum absolute atomic E-state index is 0.0852. The first-order valence-electron chi connectivity index (χ1n) is 8.32. The van der Waals surface area contributed by atoms with Gasteiger partial charge in [-0.25, -0.2) is 0 Å². The molecule has 5 nitrogen and oxygen atoms in total. The maximum absolute atomic E-state index is 12.4. The molecule has 6 heteroatoms. The number of thiocarbonyl (C=S) groups is 1. The van der Waals surface area contributed by atoms with Crippen molar-refractivity contribution in [2.75, 3.05) is 7.05 Å². The van der Waals surface area contributed by atoms with Crippen LogP contribution in [0.4, 0.5) is 0 Å². The molecule has 0 unspecified atom stereocenters. The van der Waals surface area contributed by atoms with Crippen molar-refractivity contribution in [2.24, 2.45) is 0 Å². The van der Waals surface area contributed by atoms with E-state index in [0.717, 1.165) is 22.6 Å². The Morgan fingerprint density at radius 2 is 1.77 bits per heavy atom. The Kier molecular flexibility index (Phi) is 4.54. The van der Waals surface area contributed by atoms with Gasteiger partial charge in [-0.05, 0) is 69.2 Å². The standard InChI is InChI=1S/C20H21N3O2S/c1-11-6-7-17(12(2)8-11)23-13(3)9-15(14(23)4)10-16-18(24)21-20(26)22(5)19(16)25/h6-10H,1-5H3,(H,21,24,26)/b16-10-. The van der Waals surface area contributed by atoms with Crippen LogP contribution in [0.15, 0.2) is 29.8 Å². The average Bonchev–Trinajstić information content (AvgIpc) is 2.84. The van der Waals surface area contributed by atoms with Crippen molar-refractivity contribution >= 4 is 35.2 Å². The summed E-state index contributed by atoms with van der Waals surface area (Å²) >= 11 is 4.98. The van der Waals surface area contributed by atoms with E-state index in [4.69, 9.17) is 12.2 Å². The number of benzene rings is 1. The summed E-state index contributed by atoms with van der Waals surface area (Å²) in [5, 5.41) is 2.66. The summed E-state index contributed by atoms with van der Waals surface area (Å²) in [5.74, 6) is -0.857. The molecule has 0 spiro atoms. The first kappa shape index (κ1) is 18.1. The maximum atomic E-state index is 12.4. The minimum atomic E-state index is -0.464. The maximum Gasteiger partial charge on any atom is 0.265 e. The number of carbonyl (C=O) groups is 2. The molecule has 0 saturated carbocycles. The molecule has 0 atom stereocenters. The van der Waals surface area contributed by atoms with Crippen LogP contribution >= 0.6 is 12.2 Å². The topological polar surface area (TPSA) is 54.3 Å². The van der Waals surface area contributed by atoms with Crippen LogP contribution in [0.3, 0.4) is 0 Å². The van der Waals surface area contributed by atoms with E-state index in [1.807, 2.05) is 19.9 Å². The van der Waals surface area contributed by atoms with E-state index in [1.165, 1.54) is 16.0 Å². The van der Waals surface area contributed by atoms with E-state index in [2.05, 4.69) is 41.9 Å². The Bertz CT molecular complexity index is 985. The van der Waals surface area contributed by atoms with E-state index < -0.39 is 11.8 Å². The number of amides is 2. The lowest BCUT2D eigenvalue weighted by molar-refractivity contribution is -0.128. The molecule has 26 heavy (non-hydrogen) atoms. The zero-order valence-electron chi connectivity index (χ0n) is 15.5. The molecule has 1 saturated heterocycles. The van der Waals surface area contributed by atoms with Crippen LogP contribution in [-0.4, -0.2) is 33.4 Å². The molecule has 3 rings (SSSR count). The van der Waals surface area contributed by atoms with Gasteiger partial charge >= 0.3 is 0 Å². The number of aromatic nitrogens is 1. The predicted octanol–water partition coefficient (Wildman–Crippen LogP) is 2.97. The molecule has 2 heterocycles. The van der Waals surface area contributed by atoms with Gasteiger partial charge in [-0.3, -0.25) is 19.8 Å². The fourth-order valence-electron chi connectivity index (χ4n) is 3.26. The first-order valence-corrected chi connectivity index (χ1v) is 8.73. The highest BCUT2D eigenvalue weighted by molar-refractivity contribution is 7.80. The third-order valence-electron chi connectivity index (χ3n) is 4.67. The van der Waals surface area contributed by atoms with Crippen LogP contribution in [0.2, 0.25) is 0 Å². The zero-order valence-corrected chi connectivity index (χ0v) is 16.3. The third kappa shape index (κ3) is 2.97. The molecule has 1 aliphatic heterocycles. The van der Waals surface area contributed by atoms with Gasteiger partial charge in [0, 0.05) is 24.1 Å². The molecular formula is C20H21N3O2S. The van der Waals surface area contributed by atoms with Gasteiger partial charge in [0.1, 0.15) is 5.57 Å². The number of carbonyl (C=O) groups excluding carboxylic acids is 2. The fourth-order valence-corrected chi connectivity index (χ4v) is 3.44. The van der Waals surface area contributed by atoms with Crippen molar-refractivity contribution in [3.05, 3.63) is 57.9 Å². The normalized spacial score (nSPS) is 16.4. The van der Waals surface area contributed by atoms with Gasteiger partial charge in [-0.2, -0.15) is 0 Å². The molecule has 0 radical (unpaired) electrons. The second-order valence-electron chi connectivity index (χ2n) is 6.63. The van der Waals surface area contributed by atoms with Gasteiger partial charge in [0.2, 0.25) is 0 Å². The second-order valence-corrected chi connectivity index (χ2v) is 7.02. The molecule has 1 N–H and O–H groups in total. The smallest absolute Gasteiger partial charge is 0.265 e. The average molecular weight is 367 g/mol. The molecule has 2 aromatic rings. The minimum Gasteiger partial charge on any atom is -0.318 e. The third-order valence-corrected chi connectivity index (χ3v) is 5.04. The van der Waals surface area contributed by atoms with E-state index in [0.29, 0.717) is 0 Å². The van der Waals surface area contributed by atoms with Gasteiger partial charge in [-0.1, -0.05) is 17.7 Å².